The summed E-state index contributed by atoms with van der Waals surface area (Å²) < 4.78 is 10.8. The summed E-state index contributed by atoms with van der Waals surface area (Å²) >= 11 is 0. The zero-order valence-corrected chi connectivity index (χ0v) is 13.4. The molecule has 0 aliphatic carbocycles. The zero-order chi connectivity index (χ0) is 16.7. The van der Waals surface area contributed by atoms with Crippen LogP contribution in [-0.2, 0) is 9.59 Å². The average Bonchev–Trinajstić information content (AvgIpc) is 2.58. The lowest BCUT2D eigenvalue weighted by atomic mass is 9.93. The van der Waals surface area contributed by atoms with Crippen LogP contribution in [0.5, 0.6) is 11.5 Å². The highest BCUT2D eigenvalue weighted by Gasteiger charge is 2.24. The van der Waals surface area contributed by atoms with Gasteiger partial charge >= 0.3 is 5.97 Å². The Balaban J connectivity index is 1.84. The molecule has 1 aromatic carbocycles. The molecule has 1 aliphatic rings. The summed E-state index contributed by atoms with van der Waals surface area (Å²) in [5.74, 6) is 0.542. The maximum atomic E-state index is 12.3. The minimum Gasteiger partial charge on any atom is -0.493 e. The molecule has 1 N–H and O–H groups in total. The van der Waals surface area contributed by atoms with Gasteiger partial charge in [0.1, 0.15) is 0 Å². The number of benzene rings is 1. The molecule has 126 valence electrons. The highest BCUT2D eigenvalue weighted by molar-refractivity contribution is 5.78. The number of para-hydroxylation sites is 2. The van der Waals surface area contributed by atoms with Gasteiger partial charge in [-0.3, -0.25) is 9.59 Å². The minimum absolute atomic E-state index is 0.0357. The first-order chi connectivity index (χ1) is 11.1. The van der Waals surface area contributed by atoms with Crippen molar-refractivity contribution in [1.82, 2.24) is 4.90 Å². The number of hydrogen-bond donors (Lipinski definition) is 1. The van der Waals surface area contributed by atoms with E-state index in [0.29, 0.717) is 31.0 Å². The number of carbonyl (C=O) groups is 2. The van der Waals surface area contributed by atoms with Crippen molar-refractivity contribution in [3.8, 4) is 11.5 Å². The van der Waals surface area contributed by atoms with Crippen molar-refractivity contribution < 1.29 is 24.2 Å². The third-order valence-corrected chi connectivity index (χ3v) is 4.06. The Kier molecular flexibility index (Phi) is 6.26. The van der Waals surface area contributed by atoms with E-state index in [1.165, 1.54) is 0 Å². The van der Waals surface area contributed by atoms with Crippen LogP contribution in [0.15, 0.2) is 24.3 Å². The van der Waals surface area contributed by atoms with Crippen molar-refractivity contribution in [1.29, 1.82) is 0 Å². The summed E-state index contributed by atoms with van der Waals surface area (Å²) in [4.78, 5) is 24.7. The van der Waals surface area contributed by atoms with Crippen molar-refractivity contribution in [3.05, 3.63) is 24.3 Å². The molecular formula is C17H23NO5. The average molecular weight is 321 g/mol. The standard InChI is InChI=1S/C17H23NO5/c1-22-14-6-2-3-7-15(14)23-12-16(19)18-10-4-5-13(11-18)8-9-17(20)21/h2-3,6-7,13H,4-5,8-12H2,1H3,(H,20,21)/t13-/m1/s1. The number of carbonyl (C=O) groups excluding carboxylic acids is 1. The number of carboxylic acids is 1. The molecule has 1 atom stereocenters. The molecule has 1 heterocycles. The molecule has 0 radical (unpaired) electrons. The van der Waals surface area contributed by atoms with Gasteiger partial charge in [-0.1, -0.05) is 12.1 Å². The number of rotatable bonds is 7. The molecular weight excluding hydrogens is 298 g/mol. The van der Waals surface area contributed by atoms with Gasteiger partial charge < -0.3 is 19.5 Å². The molecule has 0 bridgehead atoms. The molecule has 1 amide bonds. The monoisotopic (exact) mass is 321 g/mol. The topological polar surface area (TPSA) is 76.1 Å². The van der Waals surface area contributed by atoms with Gasteiger partial charge in [0, 0.05) is 19.5 Å². The number of likely N-dealkylation sites (tertiary alicyclic amines) is 1. The smallest absolute Gasteiger partial charge is 0.303 e. The Labute approximate surface area is 136 Å². The van der Waals surface area contributed by atoms with Crippen LogP contribution >= 0.6 is 0 Å². The van der Waals surface area contributed by atoms with Crippen molar-refractivity contribution in [3.63, 3.8) is 0 Å². The third-order valence-electron chi connectivity index (χ3n) is 4.06. The molecule has 1 aromatic rings. The van der Waals surface area contributed by atoms with E-state index in [2.05, 4.69) is 0 Å². The van der Waals surface area contributed by atoms with E-state index in [1.54, 1.807) is 24.1 Å². The van der Waals surface area contributed by atoms with E-state index in [1.807, 2.05) is 12.1 Å². The van der Waals surface area contributed by atoms with E-state index in [0.717, 1.165) is 12.8 Å². The first-order valence-electron chi connectivity index (χ1n) is 7.85. The van der Waals surface area contributed by atoms with E-state index >= 15 is 0 Å². The Hall–Kier alpha value is -2.24. The molecule has 1 saturated heterocycles. The lowest BCUT2D eigenvalue weighted by Gasteiger charge is -2.32. The summed E-state index contributed by atoms with van der Waals surface area (Å²) in [5.41, 5.74) is 0. The number of methoxy groups -OCH3 is 1. The van der Waals surface area contributed by atoms with E-state index in [9.17, 15) is 9.59 Å². The largest absolute Gasteiger partial charge is 0.493 e. The maximum absolute atomic E-state index is 12.3. The molecule has 0 aromatic heterocycles. The second kappa shape index (κ2) is 8.41. The highest BCUT2D eigenvalue weighted by Crippen LogP contribution is 2.26. The van der Waals surface area contributed by atoms with E-state index in [-0.39, 0.29) is 24.9 Å². The number of nitrogens with zero attached hydrogens (tertiary/aromatic N) is 1. The highest BCUT2D eigenvalue weighted by atomic mass is 16.5. The Morgan fingerprint density at radius 1 is 1.30 bits per heavy atom. The van der Waals surface area contributed by atoms with Gasteiger partial charge in [-0.25, -0.2) is 0 Å². The van der Waals surface area contributed by atoms with Gasteiger partial charge in [0.2, 0.25) is 0 Å². The number of carboxylic acid groups (broad SMARTS) is 1. The van der Waals surface area contributed by atoms with Crippen LogP contribution < -0.4 is 9.47 Å². The first kappa shape index (κ1) is 17.1. The molecule has 1 fully saturated rings. The fraction of sp³-hybridized carbons (Fsp3) is 0.529. The fourth-order valence-electron chi connectivity index (χ4n) is 2.82. The predicted octanol–water partition coefficient (Wildman–Crippen LogP) is 2.18. The van der Waals surface area contributed by atoms with E-state index in [4.69, 9.17) is 14.6 Å². The van der Waals surface area contributed by atoms with Crippen molar-refractivity contribution >= 4 is 11.9 Å². The van der Waals surface area contributed by atoms with Crippen LogP contribution in [-0.4, -0.2) is 48.7 Å². The van der Waals surface area contributed by atoms with Crippen molar-refractivity contribution in [2.24, 2.45) is 5.92 Å². The lowest BCUT2D eigenvalue weighted by Crippen LogP contribution is -2.42. The summed E-state index contributed by atoms with van der Waals surface area (Å²) in [6.07, 6.45) is 2.66. The Bertz CT molecular complexity index is 546. The van der Waals surface area contributed by atoms with Gasteiger partial charge in [0.15, 0.2) is 18.1 Å². The molecule has 23 heavy (non-hydrogen) atoms. The summed E-state index contributed by atoms with van der Waals surface area (Å²) in [6.45, 7) is 1.28. The number of aliphatic carboxylic acids is 1. The zero-order valence-electron chi connectivity index (χ0n) is 13.4. The fourth-order valence-corrected chi connectivity index (χ4v) is 2.82. The van der Waals surface area contributed by atoms with Crippen LogP contribution in [0.3, 0.4) is 0 Å². The van der Waals surface area contributed by atoms with Crippen LogP contribution in [0.4, 0.5) is 0 Å². The van der Waals surface area contributed by atoms with Crippen molar-refractivity contribution in [2.45, 2.75) is 25.7 Å². The SMILES string of the molecule is COc1ccccc1OCC(=O)N1CCC[C@H](CCC(=O)O)C1. The lowest BCUT2D eigenvalue weighted by molar-refractivity contribution is -0.137. The van der Waals surface area contributed by atoms with Gasteiger partial charge in [0.25, 0.3) is 5.91 Å². The molecule has 0 spiro atoms. The van der Waals surface area contributed by atoms with Crippen LogP contribution in [0.2, 0.25) is 0 Å². The second-order valence-corrected chi connectivity index (χ2v) is 5.72. The molecule has 0 saturated carbocycles. The molecule has 2 rings (SSSR count). The molecule has 6 nitrogen and oxygen atoms in total. The van der Waals surface area contributed by atoms with Crippen LogP contribution in [0, 0.1) is 5.92 Å². The third kappa shape index (κ3) is 5.16. The van der Waals surface area contributed by atoms with Gasteiger partial charge in [-0.15, -0.1) is 0 Å². The molecule has 1 aliphatic heterocycles. The van der Waals surface area contributed by atoms with E-state index < -0.39 is 5.97 Å². The van der Waals surface area contributed by atoms with Crippen LogP contribution in [0.1, 0.15) is 25.7 Å². The Morgan fingerprint density at radius 3 is 2.74 bits per heavy atom. The summed E-state index contributed by atoms with van der Waals surface area (Å²) in [5, 5.41) is 8.77. The van der Waals surface area contributed by atoms with Gasteiger partial charge in [0.05, 0.1) is 7.11 Å². The first-order valence-corrected chi connectivity index (χ1v) is 7.85. The molecule has 0 unspecified atom stereocenters. The number of amides is 1. The van der Waals surface area contributed by atoms with Crippen LogP contribution in [0.25, 0.3) is 0 Å². The summed E-state index contributed by atoms with van der Waals surface area (Å²) in [7, 11) is 1.56. The number of piperidine rings is 1. The predicted molar refractivity (Wildman–Crippen MR) is 84.7 cm³/mol. The minimum atomic E-state index is -0.784. The Morgan fingerprint density at radius 2 is 2.04 bits per heavy atom. The number of hydrogen-bond acceptors (Lipinski definition) is 4. The maximum Gasteiger partial charge on any atom is 0.303 e. The summed E-state index contributed by atoms with van der Waals surface area (Å²) in [6, 6.07) is 7.21. The number of ether oxygens (including phenoxy) is 2. The van der Waals surface area contributed by atoms with Gasteiger partial charge in [-0.2, -0.15) is 0 Å². The van der Waals surface area contributed by atoms with Gasteiger partial charge in [-0.05, 0) is 37.3 Å². The normalized spacial score (nSPS) is 17.6. The van der Waals surface area contributed by atoms with Crippen molar-refractivity contribution in [2.75, 3.05) is 26.8 Å². The quantitative estimate of drug-likeness (QED) is 0.833. The molecule has 6 heteroatoms. The second-order valence-electron chi connectivity index (χ2n) is 5.72.